The Kier molecular flexibility index (Phi) is 7.03. The number of ether oxygens (including phenoxy) is 1. The molecule has 0 spiro atoms. The number of methoxy groups -OCH3 is 1. The molecule has 0 fully saturated rings. The lowest BCUT2D eigenvalue weighted by molar-refractivity contribution is -0.121. The Bertz CT molecular complexity index is 892. The summed E-state index contributed by atoms with van der Waals surface area (Å²) in [5.74, 6) is 1.60. The molecule has 7 heteroatoms. The number of hydrogen-bond donors (Lipinski definition) is 1. The van der Waals surface area contributed by atoms with Crippen molar-refractivity contribution in [3.63, 3.8) is 0 Å². The lowest BCUT2D eigenvalue weighted by Gasteiger charge is -2.04. The highest BCUT2D eigenvalue weighted by atomic mass is 35.5. The molecule has 0 aliphatic heterocycles. The first kappa shape index (κ1) is 19.9. The van der Waals surface area contributed by atoms with Crippen LogP contribution in [0.4, 0.5) is 0 Å². The van der Waals surface area contributed by atoms with Crippen molar-refractivity contribution in [3.8, 4) is 17.2 Å². The predicted octanol–water partition coefficient (Wildman–Crippen LogP) is 4.43. The molecule has 0 aliphatic carbocycles. The number of carbonyl (C=O) groups excluding carboxylic acids is 1. The lowest BCUT2D eigenvalue weighted by atomic mass is 10.1. The van der Waals surface area contributed by atoms with Crippen LogP contribution in [0.2, 0.25) is 5.02 Å². The van der Waals surface area contributed by atoms with E-state index in [9.17, 15) is 4.79 Å². The standard InChI is InChI=1S/C21H22ClN3O3/c1-27-18-12-6-15(7-13-18)4-2-3-5-19(26)23-14-20-24-25-21(28-20)16-8-10-17(22)11-9-16/h6-13H,2-5,14H2,1H3,(H,23,26). The van der Waals surface area contributed by atoms with E-state index in [0.29, 0.717) is 23.2 Å². The van der Waals surface area contributed by atoms with Crippen molar-refractivity contribution >= 4 is 17.5 Å². The minimum absolute atomic E-state index is 0.0269. The average Bonchev–Trinajstić information content (AvgIpc) is 3.20. The summed E-state index contributed by atoms with van der Waals surface area (Å²) in [6, 6.07) is 15.1. The van der Waals surface area contributed by atoms with Gasteiger partial charge in [-0.25, -0.2) is 0 Å². The lowest BCUT2D eigenvalue weighted by Crippen LogP contribution is -2.22. The van der Waals surface area contributed by atoms with Crippen LogP contribution in [0.3, 0.4) is 0 Å². The van der Waals surface area contributed by atoms with Crippen molar-refractivity contribution in [2.75, 3.05) is 7.11 Å². The number of benzene rings is 2. The number of aromatic nitrogens is 2. The number of amides is 1. The van der Waals surface area contributed by atoms with Gasteiger partial charge in [-0.05, 0) is 61.2 Å². The quantitative estimate of drug-likeness (QED) is 0.538. The van der Waals surface area contributed by atoms with Gasteiger partial charge in [-0.15, -0.1) is 10.2 Å². The van der Waals surface area contributed by atoms with Crippen LogP contribution in [0.1, 0.15) is 30.7 Å². The molecule has 1 heterocycles. The molecule has 0 saturated carbocycles. The van der Waals surface area contributed by atoms with Crippen molar-refractivity contribution < 1.29 is 13.9 Å². The molecule has 0 bridgehead atoms. The minimum atomic E-state index is -0.0269. The maximum Gasteiger partial charge on any atom is 0.247 e. The van der Waals surface area contributed by atoms with Crippen molar-refractivity contribution in [2.45, 2.75) is 32.2 Å². The van der Waals surface area contributed by atoms with Gasteiger partial charge in [0.1, 0.15) is 5.75 Å². The first-order valence-electron chi connectivity index (χ1n) is 9.12. The molecule has 1 amide bonds. The number of rotatable bonds is 9. The van der Waals surface area contributed by atoms with E-state index in [1.54, 1.807) is 31.4 Å². The van der Waals surface area contributed by atoms with Crippen LogP contribution in [-0.4, -0.2) is 23.2 Å². The normalized spacial score (nSPS) is 10.6. The monoisotopic (exact) mass is 399 g/mol. The molecule has 3 aromatic rings. The van der Waals surface area contributed by atoms with E-state index in [2.05, 4.69) is 15.5 Å². The predicted molar refractivity (Wildman–Crippen MR) is 107 cm³/mol. The Balaban J connectivity index is 1.36. The molecule has 3 rings (SSSR count). The molecule has 0 saturated heterocycles. The molecule has 0 radical (unpaired) electrons. The zero-order chi connectivity index (χ0) is 19.8. The number of unbranched alkanes of at least 4 members (excludes halogenated alkanes) is 1. The number of nitrogens with zero attached hydrogens (tertiary/aromatic N) is 2. The van der Waals surface area contributed by atoms with Gasteiger partial charge < -0.3 is 14.5 Å². The smallest absolute Gasteiger partial charge is 0.247 e. The number of nitrogens with one attached hydrogen (secondary N) is 1. The molecule has 6 nitrogen and oxygen atoms in total. The van der Waals surface area contributed by atoms with Gasteiger partial charge in [0.05, 0.1) is 13.7 Å². The molecule has 146 valence electrons. The number of aryl methyl sites for hydroxylation is 1. The van der Waals surface area contributed by atoms with E-state index >= 15 is 0 Å². The zero-order valence-corrected chi connectivity index (χ0v) is 16.4. The Morgan fingerprint density at radius 2 is 1.82 bits per heavy atom. The van der Waals surface area contributed by atoms with Crippen LogP contribution < -0.4 is 10.1 Å². The highest BCUT2D eigenvalue weighted by Gasteiger charge is 2.10. The molecular weight excluding hydrogens is 378 g/mol. The molecule has 2 aromatic carbocycles. The molecule has 1 aromatic heterocycles. The summed E-state index contributed by atoms with van der Waals surface area (Å²) in [6.07, 6.45) is 3.17. The molecule has 0 aliphatic rings. The van der Waals surface area contributed by atoms with Gasteiger partial charge in [0, 0.05) is 17.0 Å². The van der Waals surface area contributed by atoms with Gasteiger partial charge in [0.2, 0.25) is 17.7 Å². The van der Waals surface area contributed by atoms with Gasteiger partial charge in [0.25, 0.3) is 0 Å². The fourth-order valence-electron chi connectivity index (χ4n) is 2.70. The van der Waals surface area contributed by atoms with Crippen LogP contribution in [0.15, 0.2) is 52.9 Å². The topological polar surface area (TPSA) is 77.2 Å². The van der Waals surface area contributed by atoms with Crippen molar-refractivity contribution in [2.24, 2.45) is 0 Å². The fourth-order valence-corrected chi connectivity index (χ4v) is 2.83. The molecular formula is C21H22ClN3O3. The SMILES string of the molecule is COc1ccc(CCCCC(=O)NCc2nnc(-c3ccc(Cl)cc3)o2)cc1. The maximum atomic E-state index is 12.0. The molecule has 28 heavy (non-hydrogen) atoms. The van der Waals surface area contributed by atoms with Crippen molar-refractivity contribution in [1.82, 2.24) is 15.5 Å². The molecule has 0 atom stereocenters. The van der Waals surface area contributed by atoms with E-state index < -0.39 is 0 Å². The second kappa shape index (κ2) is 9.90. The van der Waals surface area contributed by atoms with Crippen molar-refractivity contribution in [1.29, 1.82) is 0 Å². The van der Waals surface area contributed by atoms with E-state index in [1.165, 1.54) is 5.56 Å². The van der Waals surface area contributed by atoms with Gasteiger partial charge in [0.15, 0.2) is 0 Å². The second-order valence-electron chi connectivity index (χ2n) is 6.34. The van der Waals surface area contributed by atoms with Crippen LogP contribution in [0.5, 0.6) is 5.75 Å². The highest BCUT2D eigenvalue weighted by molar-refractivity contribution is 6.30. The third kappa shape index (κ3) is 5.82. The third-order valence-corrected chi connectivity index (χ3v) is 4.53. The van der Waals surface area contributed by atoms with Crippen molar-refractivity contribution in [3.05, 3.63) is 65.0 Å². The highest BCUT2D eigenvalue weighted by Crippen LogP contribution is 2.20. The van der Waals surface area contributed by atoms with Gasteiger partial charge in [-0.3, -0.25) is 4.79 Å². The second-order valence-corrected chi connectivity index (χ2v) is 6.78. The molecule has 1 N–H and O–H groups in total. The molecule has 0 unspecified atom stereocenters. The van der Waals surface area contributed by atoms with Crippen LogP contribution in [0, 0.1) is 0 Å². The van der Waals surface area contributed by atoms with Gasteiger partial charge >= 0.3 is 0 Å². The number of halogens is 1. The van der Waals surface area contributed by atoms with Crippen LogP contribution in [-0.2, 0) is 17.8 Å². The first-order valence-corrected chi connectivity index (χ1v) is 9.50. The summed E-state index contributed by atoms with van der Waals surface area (Å²) in [5, 5.41) is 11.4. The Morgan fingerprint density at radius 3 is 2.54 bits per heavy atom. The van der Waals surface area contributed by atoms with E-state index in [-0.39, 0.29) is 12.5 Å². The van der Waals surface area contributed by atoms with E-state index in [0.717, 1.165) is 30.6 Å². The zero-order valence-electron chi connectivity index (χ0n) is 15.7. The number of hydrogen-bond acceptors (Lipinski definition) is 5. The summed E-state index contributed by atoms with van der Waals surface area (Å²) in [6.45, 7) is 0.220. The van der Waals surface area contributed by atoms with Gasteiger partial charge in [-0.2, -0.15) is 0 Å². The Morgan fingerprint density at radius 1 is 1.07 bits per heavy atom. The Hall–Kier alpha value is -2.86. The summed E-state index contributed by atoms with van der Waals surface area (Å²) in [7, 11) is 1.65. The summed E-state index contributed by atoms with van der Waals surface area (Å²) in [5.41, 5.74) is 2.02. The first-order chi connectivity index (χ1) is 13.6. The Labute approximate surface area is 168 Å². The summed E-state index contributed by atoms with van der Waals surface area (Å²) in [4.78, 5) is 12.0. The summed E-state index contributed by atoms with van der Waals surface area (Å²) >= 11 is 5.87. The average molecular weight is 400 g/mol. The third-order valence-electron chi connectivity index (χ3n) is 4.27. The fraction of sp³-hybridized carbons (Fsp3) is 0.286. The summed E-state index contributed by atoms with van der Waals surface area (Å²) < 4.78 is 10.7. The minimum Gasteiger partial charge on any atom is -0.497 e. The van der Waals surface area contributed by atoms with E-state index in [4.69, 9.17) is 20.8 Å². The maximum absolute atomic E-state index is 12.0. The van der Waals surface area contributed by atoms with Crippen LogP contribution in [0.25, 0.3) is 11.5 Å². The largest absolute Gasteiger partial charge is 0.497 e. The van der Waals surface area contributed by atoms with E-state index in [1.807, 2.05) is 24.3 Å². The number of carbonyl (C=O) groups is 1. The van der Waals surface area contributed by atoms with Gasteiger partial charge in [-0.1, -0.05) is 23.7 Å². The van der Waals surface area contributed by atoms with Crippen LogP contribution >= 0.6 is 11.6 Å².